The van der Waals surface area contributed by atoms with Crippen molar-refractivity contribution in [2.75, 3.05) is 56.6 Å². The van der Waals surface area contributed by atoms with E-state index in [2.05, 4.69) is 25.3 Å². The van der Waals surface area contributed by atoms with Crippen LogP contribution in [0.3, 0.4) is 0 Å². The van der Waals surface area contributed by atoms with Gasteiger partial charge in [-0.15, -0.1) is 0 Å². The maximum Gasteiger partial charge on any atom is 0.410 e. The average Bonchev–Trinajstić information content (AvgIpc) is 3.91. The van der Waals surface area contributed by atoms with Crippen molar-refractivity contribution in [1.82, 2.24) is 34.2 Å². The molecule has 284 valence electrons. The molecule has 1 aliphatic carbocycles. The molecule has 2 N–H and O–H groups in total. The molecule has 2 amide bonds. The van der Waals surface area contributed by atoms with Gasteiger partial charge in [-0.05, 0) is 97.7 Å². The lowest BCUT2D eigenvalue weighted by Crippen LogP contribution is -2.45. The second kappa shape index (κ2) is 14.5. The van der Waals surface area contributed by atoms with E-state index < -0.39 is 29.2 Å². The van der Waals surface area contributed by atoms with E-state index in [0.717, 1.165) is 44.6 Å². The molecule has 2 atom stereocenters. The molecule has 2 bridgehead atoms. The molecule has 4 aliphatic rings. The number of nitrogens with zero attached hydrogens (tertiary/aromatic N) is 8. The zero-order valence-corrected chi connectivity index (χ0v) is 30.5. The van der Waals surface area contributed by atoms with Crippen LogP contribution in [0.4, 0.5) is 25.1 Å². The number of fused-ring (bicyclic) bond motifs is 3. The number of alkyl halides is 2. The lowest BCUT2D eigenvalue weighted by molar-refractivity contribution is -0.0325. The predicted molar refractivity (Wildman–Crippen MR) is 189 cm³/mol. The molecule has 14 nitrogen and oxygen atoms in total. The van der Waals surface area contributed by atoms with E-state index in [-0.39, 0.29) is 35.5 Å². The minimum absolute atomic E-state index is 0.0537. The number of rotatable bonds is 10. The Morgan fingerprint density at radius 1 is 1.17 bits per heavy atom. The Labute approximate surface area is 302 Å². The number of anilines is 2. The van der Waals surface area contributed by atoms with Gasteiger partial charge < -0.3 is 34.6 Å². The number of piperidine rings is 1. The molecule has 6 heterocycles. The van der Waals surface area contributed by atoms with E-state index >= 15 is 0 Å². The van der Waals surface area contributed by atoms with E-state index in [4.69, 9.17) is 14.5 Å². The molecule has 3 saturated heterocycles. The summed E-state index contributed by atoms with van der Waals surface area (Å²) < 4.78 is 42.6. The van der Waals surface area contributed by atoms with Gasteiger partial charge in [0.25, 0.3) is 12.3 Å². The number of ether oxygens (including phenoxy) is 2. The van der Waals surface area contributed by atoms with Gasteiger partial charge in [0.1, 0.15) is 17.0 Å². The quantitative estimate of drug-likeness (QED) is 0.296. The monoisotopic (exact) mass is 727 g/mol. The second-order valence-electron chi connectivity index (χ2n) is 16.2. The molecule has 16 heteroatoms. The van der Waals surface area contributed by atoms with Gasteiger partial charge in [0, 0.05) is 38.6 Å². The van der Waals surface area contributed by atoms with Crippen molar-refractivity contribution >= 4 is 29.2 Å². The van der Waals surface area contributed by atoms with Crippen LogP contribution in [-0.2, 0) is 9.47 Å². The van der Waals surface area contributed by atoms with Gasteiger partial charge in [-0.2, -0.15) is 10.2 Å². The number of aliphatic hydroxyl groups is 1. The highest BCUT2D eigenvalue weighted by atomic mass is 19.3. The van der Waals surface area contributed by atoms with Gasteiger partial charge in [0.2, 0.25) is 0 Å². The SMILES string of the molecule is CN(CCC1CCN(C(=O)OC(C)(C)C)CC1)CC1(O)CCC(n2cc(NC(=O)c3cnn4ccc(N5C[C@H]6C[C@@H]5CO6)nc34)c(C(F)F)n2)CC1. The van der Waals surface area contributed by atoms with Crippen molar-refractivity contribution in [3.05, 3.63) is 35.9 Å². The predicted octanol–water partition coefficient (Wildman–Crippen LogP) is 4.91. The van der Waals surface area contributed by atoms with Gasteiger partial charge in [-0.3, -0.25) is 9.48 Å². The number of likely N-dealkylation sites (N-methyl/N-ethyl adjacent to an activating group) is 1. The number of aromatic nitrogens is 5. The molecule has 4 fully saturated rings. The third-order valence-electron chi connectivity index (χ3n) is 11.0. The topological polar surface area (TPSA) is 143 Å². The molecule has 0 spiro atoms. The normalized spacial score (nSPS) is 25.5. The number of halogens is 2. The van der Waals surface area contributed by atoms with Crippen LogP contribution in [0.1, 0.15) is 101 Å². The first kappa shape index (κ1) is 36.5. The maximum absolute atomic E-state index is 14.2. The maximum atomic E-state index is 14.2. The smallest absolute Gasteiger partial charge is 0.410 e. The molecule has 3 aromatic rings. The fourth-order valence-corrected chi connectivity index (χ4v) is 8.18. The summed E-state index contributed by atoms with van der Waals surface area (Å²) in [6.07, 6.45) is 7.56. The van der Waals surface area contributed by atoms with Crippen LogP contribution in [0, 0.1) is 5.92 Å². The minimum Gasteiger partial charge on any atom is -0.444 e. The highest BCUT2D eigenvalue weighted by Crippen LogP contribution is 2.38. The number of likely N-dealkylation sites (tertiary alicyclic amines) is 1. The summed E-state index contributed by atoms with van der Waals surface area (Å²) in [5, 5.41) is 22.6. The van der Waals surface area contributed by atoms with Crippen molar-refractivity contribution < 1.29 is 33.0 Å². The van der Waals surface area contributed by atoms with E-state index in [9.17, 15) is 23.5 Å². The fraction of sp³-hybridized carbons (Fsp3) is 0.694. The number of hydrogen-bond acceptors (Lipinski definition) is 10. The molecule has 0 radical (unpaired) electrons. The van der Waals surface area contributed by atoms with Crippen molar-refractivity contribution in [1.29, 1.82) is 0 Å². The molecule has 3 aliphatic heterocycles. The van der Waals surface area contributed by atoms with Gasteiger partial charge in [-0.25, -0.2) is 23.1 Å². The minimum atomic E-state index is -2.89. The molecule has 0 aromatic carbocycles. The van der Waals surface area contributed by atoms with Crippen LogP contribution in [0.25, 0.3) is 5.65 Å². The van der Waals surface area contributed by atoms with Gasteiger partial charge in [0.15, 0.2) is 11.3 Å². The molecule has 3 aromatic heterocycles. The summed E-state index contributed by atoms with van der Waals surface area (Å²) in [6, 6.07) is 1.90. The highest BCUT2D eigenvalue weighted by molar-refractivity contribution is 6.08. The number of hydrogen-bond donors (Lipinski definition) is 2. The van der Waals surface area contributed by atoms with Crippen molar-refractivity contribution in [2.24, 2.45) is 5.92 Å². The Hall–Kier alpha value is -3.89. The number of carbonyl (C=O) groups is 2. The second-order valence-corrected chi connectivity index (χ2v) is 16.2. The van der Waals surface area contributed by atoms with E-state index in [1.807, 2.05) is 33.9 Å². The Bertz CT molecular complexity index is 1740. The molecule has 52 heavy (non-hydrogen) atoms. The largest absolute Gasteiger partial charge is 0.444 e. The Kier molecular flexibility index (Phi) is 10.2. The van der Waals surface area contributed by atoms with E-state index in [1.54, 1.807) is 11.1 Å². The molecular weight excluding hydrogens is 676 g/mol. The van der Waals surface area contributed by atoms with Gasteiger partial charge >= 0.3 is 6.09 Å². The fourth-order valence-electron chi connectivity index (χ4n) is 8.18. The highest BCUT2D eigenvalue weighted by Gasteiger charge is 2.40. The third-order valence-corrected chi connectivity index (χ3v) is 11.0. The standard InChI is InChI=1S/C36H51F2N9O5/c1-35(2,3)52-34(49)44-14-8-23(9-15-44)7-13-43(4)22-36(50)11-5-24(6-12-36)47-20-28(30(42-47)31(37)38)40-33(48)27-18-39-46-16-10-29(41-32(27)46)45-19-26-17-25(45)21-51-26/h10,16,18,20,23-26,31,50H,5-9,11-15,17,19,21-22H2,1-4H3,(H,40,48)/t24?,25-,26-,36?/m1/s1. The number of carbonyl (C=O) groups excluding carboxylic acids is 2. The van der Waals surface area contributed by atoms with Crippen molar-refractivity contribution in [2.45, 2.75) is 108 Å². The number of morpholine rings is 1. The summed E-state index contributed by atoms with van der Waals surface area (Å²) in [5.74, 6) is 0.633. The Morgan fingerprint density at radius 3 is 2.58 bits per heavy atom. The van der Waals surface area contributed by atoms with Crippen LogP contribution in [-0.4, -0.2) is 121 Å². The first-order valence-corrected chi connectivity index (χ1v) is 18.5. The number of amides is 2. The van der Waals surface area contributed by atoms with Crippen molar-refractivity contribution in [3.8, 4) is 0 Å². The number of nitrogens with one attached hydrogen (secondary N) is 1. The van der Waals surface area contributed by atoms with E-state index in [0.29, 0.717) is 63.5 Å². The van der Waals surface area contributed by atoms with Gasteiger partial charge in [-0.1, -0.05) is 0 Å². The zero-order chi connectivity index (χ0) is 36.8. The van der Waals surface area contributed by atoms with Crippen molar-refractivity contribution in [3.63, 3.8) is 0 Å². The molecule has 1 saturated carbocycles. The average molecular weight is 728 g/mol. The summed E-state index contributed by atoms with van der Waals surface area (Å²) in [7, 11) is 2.02. The van der Waals surface area contributed by atoms with Crippen LogP contribution in [0.5, 0.6) is 0 Å². The lowest BCUT2D eigenvalue weighted by atomic mass is 9.81. The molecule has 0 unspecified atom stereocenters. The van der Waals surface area contributed by atoms with Crippen LogP contribution < -0.4 is 10.2 Å². The first-order chi connectivity index (χ1) is 24.7. The third kappa shape index (κ3) is 8.03. The zero-order valence-electron chi connectivity index (χ0n) is 30.5. The van der Waals surface area contributed by atoms with Gasteiger partial charge in [0.05, 0.1) is 42.3 Å². The Balaban J connectivity index is 0.915. The lowest BCUT2D eigenvalue weighted by Gasteiger charge is -2.39. The van der Waals surface area contributed by atoms with Crippen LogP contribution in [0.2, 0.25) is 0 Å². The van der Waals surface area contributed by atoms with E-state index in [1.165, 1.54) is 21.6 Å². The summed E-state index contributed by atoms with van der Waals surface area (Å²) in [6.45, 7) is 9.72. The van der Waals surface area contributed by atoms with Crippen LogP contribution >= 0.6 is 0 Å². The summed E-state index contributed by atoms with van der Waals surface area (Å²) in [4.78, 5) is 36.7. The summed E-state index contributed by atoms with van der Waals surface area (Å²) >= 11 is 0. The molecular formula is C36H51F2N9O5. The van der Waals surface area contributed by atoms with Crippen LogP contribution in [0.15, 0.2) is 24.7 Å². The first-order valence-electron chi connectivity index (χ1n) is 18.5. The summed E-state index contributed by atoms with van der Waals surface area (Å²) in [5.41, 5.74) is -1.43. The molecule has 7 rings (SSSR count). The Morgan fingerprint density at radius 2 is 1.92 bits per heavy atom.